The van der Waals surface area contributed by atoms with E-state index in [1.54, 1.807) is 18.2 Å². The number of nitrogens with one attached hydrogen (secondary N) is 1. The fourth-order valence-electron chi connectivity index (χ4n) is 5.16. The van der Waals surface area contributed by atoms with Gasteiger partial charge in [0.05, 0.1) is 11.6 Å². The van der Waals surface area contributed by atoms with E-state index < -0.39 is 5.82 Å². The molecule has 0 radical (unpaired) electrons. The topological polar surface area (TPSA) is 50.2 Å². The molecule has 0 saturated carbocycles. The number of carbonyl (C=O) groups is 1. The molecule has 0 unspecified atom stereocenters. The Hall–Kier alpha value is -3.71. The molecular formula is C28H23ClF2N4O. The molecule has 2 aliphatic rings. The molecule has 8 heteroatoms. The van der Waals surface area contributed by atoms with Crippen LogP contribution in [0.5, 0.6) is 0 Å². The maximum Gasteiger partial charge on any atom is 0.226 e. The van der Waals surface area contributed by atoms with Gasteiger partial charge in [-0.3, -0.25) is 4.79 Å². The number of benzene rings is 3. The Kier molecular flexibility index (Phi) is 5.72. The number of imidazole rings is 1. The summed E-state index contributed by atoms with van der Waals surface area (Å²) < 4.78 is 29.7. The van der Waals surface area contributed by atoms with Gasteiger partial charge < -0.3 is 14.8 Å². The average molecular weight is 505 g/mol. The number of fused-ring (bicyclic) bond motifs is 2. The van der Waals surface area contributed by atoms with Gasteiger partial charge in [-0.2, -0.15) is 0 Å². The molecule has 1 aliphatic carbocycles. The first-order valence-corrected chi connectivity index (χ1v) is 12.3. The number of aromatic nitrogens is 2. The number of rotatable bonds is 4. The maximum absolute atomic E-state index is 14.1. The third-order valence-electron chi connectivity index (χ3n) is 6.98. The first kappa shape index (κ1) is 22.7. The molecule has 4 aromatic rings. The summed E-state index contributed by atoms with van der Waals surface area (Å²) in [6.45, 7) is 1.45. The first-order chi connectivity index (χ1) is 17.5. The lowest BCUT2D eigenvalue weighted by Crippen LogP contribution is -2.42. The number of hydrogen-bond acceptors (Lipinski definition) is 3. The molecule has 182 valence electrons. The fourth-order valence-corrected chi connectivity index (χ4v) is 5.27. The number of amides is 1. The summed E-state index contributed by atoms with van der Waals surface area (Å²) in [5, 5.41) is 3.32. The summed E-state index contributed by atoms with van der Waals surface area (Å²) in [5.74, 6) is 0.595. The highest BCUT2D eigenvalue weighted by Crippen LogP contribution is 2.35. The van der Waals surface area contributed by atoms with Crippen LogP contribution in [0.15, 0.2) is 66.7 Å². The zero-order chi connectivity index (χ0) is 24.8. The van der Waals surface area contributed by atoms with Crippen molar-refractivity contribution in [3.05, 3.63) is 100 Å². The van der Waals surface area contributed by atoms with E-state index in [-0.39, 0.29) is 22.7 Å². The number of carbonyl (C=O) groups excluding carboxylic acids is 1. The van der Waals surface area contributed by atoms with E-state index in [9.17, 15) is 13.6 Å². The van der Waals surface area contributed by atoms with Crippen LogP contribution in [0.3, 0.4) is 0 Å². The normalized spacial score (nSPS) is 15.0. The lowest BCUT2D eigenvalue weighted by atomic mass is 10.0. The number of anilines is 2. The second-order valence-electron chi connectivity index (χ2n) is 9.27. The Labute approximate surface area is 212 Å². The predicted molar refractivity (Wildman–Crippen MR) is 135 cm³/mol. The van der Waals surface area contributed by atoms with Gasteiger partial charge in [-0.1, -0.05) is 35.9 Å². The van der Waals surface area contributed by atoms with Crippen molar-refractivity contribution < 1.29 is 13.6 Å². The second-order valence-corrected chi connectivity index (χ2v) is 9.68. The van der Waals surface area contributed by atoms with Crippen LogP contribution >= 0.6 is 11.6 Å². The largest absolute Gasteiger partial charge is 0.340 e. The molecule has 0 spiro atoms. The molecule has 0 atom stereocenters. The Morgan fingerprint density at radius 2 is 1.69 bits per heavy atom. The van der Waals surface area contributed by atoms with Gasteiger partial charge in [-0.25, -0.2) is 13.8 Å². The standard InChI is InChI=1S/C28H23ClF2N4O/c29-23-10-9-22(15-24(23)31)32-27-26(17-5-7-21(30)8-6-17)33-25-16-34(11-12-35(25)27)28(36)20-13-18-3-1-2-4-19(18)14-20/h1-10,15,20,32H,11-14,16H2. The molecule has 0 saturated heterocycles. The summed E-state index contributed by atoms with van der Waals surface area (Å²) >= 11 is 5.86. The molecule has 1 N–H and O–H groups in total. The monoisotopic (exact) mass is 504 g/mol. The van der Waals surface area contributed by atoms with Crippen molar-refractivity contribution in [2.45, 2.75) is 25.9 Å². The SMILES string of the molecule is O=C(C1Cc2ccccc2C1)N1CCn2c(nc(-c3ccc(F)cc3)c2Nc2ccc(Cl)c(F)c2)C1. The zero-order valence-electron chi connectivity index (χ0n) is 19.3. The second kappa shape index (κ2) is 9.06. The third kappa shape index (κ3) is 4.13. The van der Waals surface area contributed by atoms with E-state index >= 15 is 0 Å². The molecule has 1 aliphatic heterocycles. The quantitative estimate of drug-likeness (QED) is 0.372. The van der Waals surface area contributed by atoms with E-state index in [0.717, 1.165) is 24.2 Å². The van der Waals surface area contributed by atoms with Crippen molar-refractivity contribution in [1.29, 1.82) is 0 Å². The summed E-state index contributed by atoms with van der Waals surface area (Å²) in [4.78, 5) is 20.1. The lowest BCUT2D eigenvalue weighted by Gasteiger charge is -2.30. The van der Waals surface area contributed by atoms with Crippen molar-refractivity contribution in [2.75, 3.05) is 11.9 Å². The molecule has 0 fully saturated rings. The van der Waals surface area contributed by atoms with Crippen molar-refractivity contribution in [3.8, 4) is 11.3 Å². The minimum atomic E-state index is -0.530. The molecule has 1 aromatic heterocycles. The van der Waals surface area contributed by atoms with Gasteiger partial charge >= 0.3 is 0 Å². The highest BCUT2D eigenvalue weighted by molar-refractivity contribution is 6.30. The van der Waals surface area contributed by atoms with Gasteiger partial charge in [-0.15, -0.1) is 0 Å². The summed E-state index contributed by atoms with van der Waals surface area (Å²) in [5.41, 5.74) is 4.34. The van der Waals surface area contributed by atoms with Crippen LogP contribution in [0.25, 0.3) is 11.3 Å². The highest BCUT2D eigenvalue weighted by Gasteiger charge is 2.33. The van der Waals surface area contributed by atoms with Crippen LogP contribution in [-0.2, 0) is 30.7 Å². The van der Waals surface area contributed by atoms with Gasteiger partial charge in [0.1, 0.15) is 29.0 Å². The Balaban J connectivity index is 1.31. The van der Waals surface area contributed by atoms with Crippen LogP contribution in [0.4, 0.5) is 20.3 Å². The van der Waals surface area contributed by atoms with Crippen molar-refractivity contribution >= 4 is 29.0 Å². The van der Waals surface area contributed by atoms with E-state index in [4.69, 9.17) is 16.6 Å². The maximum atomic E-state index is 14.1. The summed E-state index contributed by atoms with van der Waals surface area (Å²) in [7, 11) is 0. The van der Waals surface area contributed by atoms with Gasteiger partial charge in [-0.05, 0) is 66.4 Å². The first-order valence-electron chi connectivity index (χ1n) is 11.9. The van der Waals surface area contributed by atoms with E-state index in [0.29, 0.717) is 36.8 Å². The Bertz CT molecular complexity index is 1440. The van der Waals surface area contributed by atoms with Gasteiger partial charge in [0, 0.05) is 30.3 Å². The van der Waals surface area contributed by atoms with Gasteiger partial charge in [0.2, 0.25) is 5.91 Å². The van der Waals surface area contributed by atoms with Crippen LogP contribution in [0, 0.1) is 17.6 Å². The lowest BCUT2D eigenvalue weighted by molar-refractivity contribution is -0.136. The number of halogens is 3. The third-order valence-corrected chi connectivity index (χ3v) is 7.29. The van der Waals surface area contributed by atoms with Crippen molar-refractivity contribution in [2.24, 2.45) is 5.92 Å². The molecule has 6 rings (SSSR count). The van der Waals surface area contributed by atoms with E-state index in [2.05, 4.69) is 17.4 Å². The molecule has 2 heterocycles. The minimum absolute atomic E-state index is 0.0397. The van der Waals surface area contributed by atoms with E-state index in [1.165, 1.54) is 35.4 Å². The van der Waals surface area contributed by atoms with Gasteiger partial charge in [0.25, 0.3) is 0 Å². The molecule has 36 heavy (non-hydrogen) atoms. The summed E-state index contributed by atoms with van der Waals surface area (Å²) in [6, 6.07) is 18.8. The number of hydrogen-bond donors (Lipinski definition) is 1. The van der Waals surface area contributed by atoms with E-state index in [1.807, 2.05) is 21.6 Å². The molecule has 0 bridgehead atoms. The van der Waals surface area contributed by atoms with Crippen LogP contribution in [0.2, 0.25) is 5.02 Å². The number of nitrogens with zero attached hydrogens (tertiary/aromatic N) is 3. The predicted octanol–water partition coefficient (Wildman–Crippen LogP) is 5.98. The fraction of sp³-hybridized carbons (Fsp3) is 0.214. The minimum Gasteiger partial charge on any atom is -0.340 e. The Morgan fingerprint density at radius 3 is 2.39 bits per heavy atom. The smallest absolute Gasteiger partial charge is 0.226 e. The van der Waals surface area contributed by atoms with Crippen LogP contribution in [0.1, 0.15) is 17.0 Å². The van der Waals surface area contributed by atoms with Crippen LogP contribution in [-0.4, -0.2) is 26.9 Å². The Morgan fingerprint density at radius 1 is 0.972 bits per heavy atom. The van der Waals surface area contributed by atoms with Crippen molar-refractivity contribution in [1.82, 2.24) is 14.5 Å². The van der Waals surface area contributed by atoms with Crippen LogP contribution < -0.4 is 5.32 Å². The van der Waals surface area contributed by atoms with Gasteiger partial charge in [0.15, 0.2) is 0 Å². The molecule has 1 amide bonds. The zero-order valence-corrected chi connectivity index (χ0v) is 20.1. The molecular weight excluding hydrogens is 482 g/mol. The summed E-state index contributed by atoms with van der Waals surface area (Å²) in [6.07, 6.45) is 1.52. The van der Waals surface area contributed by atoms with Crippen molar-refractivity contribution in [3.63, 3.8) is 0 Å². The average Bonchev–Trinajstić information content (AvgIpc) is 3.48. The highest BCUT2D eigenvalue weighted by atomic mass is 35.5. The molecule has 5 nitrogen and oxygen atoms in total. The molecule has 3 aromatic carbocycles.